The Morgan fingerprint density at radius 2 is 2.20 bits per heavy atom. The van der Waals surface area contributed by atoms with Crippen LogP contribution in [-0.2, 0) is 4.79 Å². The van der Waals surface area contributed by atoms with E-state index >= 15 is 0 Å². The van der Waals surface area contributed by atoms with E-state index in [4.69, 9.17) is 0 Å². The molecule has 0 bridgehead atoms. The van der Waals surface area contributed by atoms with Gasteiger partial charge < -0.3 is 15.0 Å². The fourth-order valence-corrected chi connectivity index (χ4v) is 2.96. The second-order valence-corrected chi connectivity index (χ2v) is 5.61. The van der Waals surface area contributed by atoms with Crippen molar-refractivity contribution in [1.82, 2.24) is 15.0 Å². The molecule has 3 heterocycles. The van der Waals surface area contributed by atoms with Crippen LogP contribution in [0.5, 0.6) is 0 Å². The monoisotopic (exact) mass is 272 g/mol. The highest BCUT2D eigenvalue weighted by Gasteiger charge is 2.34. The first-order valence-electron chi connectivity index (χ1n) is 7.08. The van der Waals surface area contributed by atoms with Crippen molar-refractivity contribution >= 4 is 22.8 Å². The highest BCUT2D eigenvalue weighted by Crippen LogP contribution is 2.40. The number of anilines is 1. The molecular formula is C14H16N4O2. The minimum Gasteiger partial charge on any atom is -0.480 e. The third-order valence-electron chi connectivity index (χ3n) is 4.17. The van der Waals surface area contributed by atoms with E-state index in [9.17, 15) is 9.90 Å². The van der Waals surface area contributed by atoms with Gasteiger partial charge in [0, 0.05) is 18.7 Å². The number of fused-ring (bicyclic) bond motifs is 1. The summed E-state index contributed by atoms with van der Waals surface area (Å²) >= 11 is 0. The summed E-state index contributed by atoms with van der Waals surface area (Å²) in [5.74, 6) is 1.32. The lowest BCUT2D eigenvalue weighted by Crippen LogP contribution is -2.36. The molecule has 1 saturated carbocycles. The van der Waals surface area contributed by atoms with Crippen LogP contribution >= 0.6 is 0 Å². The zero-order chi connectivity index (χ0) is 13.7. The standard InChI is InChI=1S/C14H16N4O2/c19-14(20)10-2-1-7-18(10)13-9-5-6-15-12(9)16-11(17-13)8-3-4-8/h5-6,8,10H,1-4,7H2,(H,19,20)(H,15,16,17)/t10-/m1/s1. The van der Waals surface area contributed by atoms with E-state index in [0.717, 1.165) is 48.5 Å². The largest absolute Gasteiger partial charge is 0.480 e. The third-order valence-corrected chi connectivity index (χ3v) is 4.17. The lowest BCUT2D eigenvalue weighted by Gasteiger charge is -2.23. The molecule has 2 fully saturated rings. The number of carboxylic acids is 1. The highest BCUT2D eigenvalue weighted by molar-refractivity contribution is 5.90. The summed E-state index contributed by atoms with van der Waals surface area (Å²) in [6, 6.07) is 1.47. The maximum Gasteiger partial charge on any atom is 0.326 e. The lowest BCUT2D eigenvalue weighted by atomic mass is 10.2. The van der Waals surface area contributed by atoms with E-state index in [0.29, 0.717) is 12.3 Å². The molecule has 104 valence electrons. The van der Waals surface area contributed by atoms with Gasteiger partial charge in [-0.25, -0.2) is 14.8 Å². The summed E-state index contributed by atoms with van der Waals surface area (Å²) in [5.41, 5.74) is 0.813. The summed E-state index contributed by atoms with van der Waals surface area (Å²) in [6.45, 7) is 0.748. The van der Waals surface area contributed by atoms with Crippen molar-refractivity contribution in [2.75, 3.05) is 11.4 Å². The SMILES string of the molecule is O=C(O)[C@H]1CCCN1c1nc(C2CC2)nc2[nH]ccc12. The summed E-state index contributed by atoms with van der Waals surface area (Å²) in [7, 11) is 0. The minimum absolute atomic E-state index is 0.451. The fraction of sp³-hybridized carbons (Fsp3) is 0.500. The Morgan fingerprint density at radius 3 is 2.95 bits per heavy atom. The van der Waals surface area contributed by atoms with Crippen molar-refractivity contribution in [3.05, 3.63) is 18.1 Å². The summed E-state index contributed by atoms with van der Waals surface area (Å²) in [6.07, 6.45) is 5.68. The van der Waals surface area contributed by atoms with Crippen LogP contribution in [0.2, 0.25) is 0 Å². The molecule has 4 rings (SSSR count). The first-order chi connectivity index (χ1) is 9.74. The van der Waals surface area contributed by atoms with Gasteiger partial charge in [0.2, 0.25) is 0 Å². The van der Waals surface area contributed by atoms with Gasteiger partial charge in [0.25, 0.3) is 0 Å². The van der Waals surface area contributed by atoms with E-state index in [-0.39, 0.29) is 0 Å². The van der Waals surface area contributed by atoms with Crippen molar-refractivity contribution in [2.24, 2.45) is 0 Å². The van der Waals surface area contributed by atoms with Gasteiger partial charge >= 0.3 is 5.97 Å². The van der Waals surface area contributed by atoms with Gasteiger partial charge in [0.1, 0.15) is 23.3 Å². The van der Waals surface area contributed by atoms with Crippen LogP contribution in [0.4, 0.5) is 5.82 Å². The van der Waals surface area contributed by atoms with E-state index in [1.54, 1.807) is 0 Å². The predicted octanol–water partition coefficient (Wildman–Crippen LogP) is 1.89. The molecule has 2 aromatic heterocycles. The molecule has 2 aliphatic rings. The molecule has 1 aliphatic carbocycles. The molecule has 0 spiro atoms. The van der Waals surface area contributed by atoms with Crippen LogP contribution in [0.3, 0.4) is 0 Å². The molecule has 0 aromatic carbocycles. The quantitative estimate of drug-likeness (QED) is 0.891. The van der Waals surface area contributed by atoms with E-state index < -0.39 is 12.0 Å². The molecule has 0 radical (unpaired) electrons. The van der Waals surface area contributed by atoms with Gasteiger partial charge in [0.15, 0.2) is 0 Å². The molecule has 1 aliphatic heterocycles. The van der Waals surface area contributed by atoms with Crippen molar-refractivity contribution < 1.29 is 9.90 Å². The van der Waals surface area contributed by atoms with Crippen molar-refractivity contribution in [1.29, 1.82) is 0 Å². The molecule has 6 heteroatoms. The highest BCUT2D eigenvalue weighted by atomic mass is 16.4. The van der Waals surface area contributed by atoms with Crippen LogP contribution in [0, 0.1) is 0 Å². The Hall–Kier alpha value is -2.11. The average molecular weight is 272 g/mol. The molecule has 6 nitrogen and oxygen atoms in total. The average Bonchev–Trinajstić information content (AvgIpc) is 2.99. The number of hydrogen-bond donors (Lipinski definition) is 2. The van der Waals surface area contributed by atoms with Crippen LogP contribution in [0.25, 0.3) is 11.0 Å². The van der Waals surface area contributed by atoms with Crippen LogP contribution in [0.1, 0.15) is 37.4 Å². The Bertz CT molecular complexity index is 677. The Labute approximate surface area is 115 Å². The van der Waals surface area contributed by atoms with E-state index in [1.807, 2.05) is 17.2 Å². The molecule has 2 N–H and O–H groups in total. The molecule has 0 amide bonds. The molecule has 1 saturated heterocycles. The molecule has 0 unspecified atom stereocenters. The van der Waals surface area contributed by atoms with Gasteiger partial charge in [-0.05, 0) is 31.7 Å². The van der Waals surface area contributed by atoms with Crippen LogP contribution in [0.15, 0.2) is 12.3 Å². The first-order valence-corrected chi connectivity index (χ1v) is 7.08. The Kier molecular flexibility index (Phi) is 2.45. The smallest absolute Gasteiger partial charge is 0.326 e. The number of aromatic amines is 1. The maximum atomic E-state index is 11.4. The molecular weight excluding hydrogens is 256 g/mol. The zero-order valence-electron chi connectivity index (χ0n) is 11.0. The van der Waals surface area contributed by atoms with Gasteiger partial charge in [0.05, 0.1) is 5.39 Å². The number of rotatable bonds is 3. The number of hydrogen-bond acceptors (Lipinski definition) is 4. The van der Waals surface area contributed by atoms with Crippen molar-refractivity contribution in [3.8, 4) is 0 Å². The summed E-state index contributed by atoms with van der Waals surface area (Å²) < 4.78 is 0. The number of carboxylic acid groups (broad SMARTS) is 1. The predicted molar refractivity (Wildman–Crippen MR) is 73.9 cm³/mol. The van der Waals surface area contributed by atoms with Gasteiger partial charge in [-0.2, -0.15) is 0 Å². The maximum absolute atomic E-state index is 11.4. The minimum atomic E-state index is -0.766. The Balaban J connectivity index is 1.84. The number of aliphatic carboxylic acids is 1. The van der Waals surface area contributed by atoms with Crippen LogP contribution in [-0.4, -0.2) is 38.6 Å². The number of nitrogens with zero attached hydrogens (tertiary/aromatic N) is 3. The van der Waals surface area contributed by atoms with E-state index in [1.165, 1.54) is 0 Å². The van der Waals surface area contributed by atoms with E-state index in [2.05, 4.69) is 15.0 Å². The Morgan fingerprint density at radius 1 is 1.35 bits per heavy atom. The molecule has 2 aromatic rings. The number of carbonyl (C=O) groups is 1. The second-order valence-electron chi connectivity index (χ2n) is 5.61. The number of aromatic nitrogens is 3. The second kappa shape index (κ2) is 4.19. The number of H-pyrrole nitrogens is 1. The number of nitrogens with one attached hydrogen (secondary N) is 1. The van der Waals surface area contributed by atoms with Gasteiger partial charge in [-0.3, -0.25) is 0 Å². The normalized spacial score (nSPS) is 22.6. The van der Waals surface area contributed by atoms with Gasteiger partial charge in [-0.1, -0.05) is 0 Å². The third kappa shape index (κ3) is 1.75. The zero-order valence-corrected chi connectivity index (χ0v) is 11.0. The summed E-state index contributed by atoms with van der Waals surface area (Å²) in [5, 5.41) is 10.3. The van der Waals surface area contributed by atoms with Gasteiger partial charge in [-0.15, -0.1) is 0 Å². The topological polar surface area (TPSA) is 82.1 Å². The molecule has 20 heavy (non-hydrogen) atoms. The molecule has 1 atom stereocenters. The van der Waals surface area contributed by atoms with Crippen molar-refractivity contribution in [3.63, 3.8) is 0 Å². The fourth-order valence-electron chi connectivity index (χ4n) is 2.96. The first kappa shape index (κ1) is 11.7. The lowest BCUT2D eigenvalue weighted by molar-refractivity contribution is -0.138. The van der Waals surface area contributed by atoms with Crippen LogP contribution < -0.4 is 4.90 Å². The summed E-state index contributed by atoms with van der Waals surface area (Å²) in [4.78, 5) is 25.7. The van der Waals surface area contributed by atoms with Crippen molar-refractivity contribution in [2.45, 2.75) is 37.6 Å².